The third-order valence-electron chi connectivity index (χ3n) is 4.71. The first-order valence-electron chi connectivity index (χ1n) is 9.79. The van der Waals surface area contributed by atoms with Gasteiger partial charge in [-0.25, -0.2) is 0 Å². The average Bonchev–Trinajstić information content (AvgIpc) is 2.70. The highest BCUT2D eigenvalue weighted by Crippen LogP contribution is 2.20. The van der Waals surface area contributed by atoms with Gasteiger partial charge in [0, 0.05) is 31.6 Å². The van der Waals surface area contributed by atoms with Crippen molar-refractivity contribution in [2.24, 2.45) is 0 Å². The van der Waals surface area contributed by atoms with Gasteiger partial charge in [-0.15, -0.1) is 0 Å². The van der Waals surface area contributed by atoms with Crippen LogP contribution in [-0.2, 0) is 25.5 Å². The summed E-state index contributed by atoms with van der Waals surface area (Å²) in [6.07, 6.45) is 7.46. The van der Waals surface area contributed by atoms with E-state index in [1.54, 1.807) is 17.8 Å². The molecule has 5 nitrogen and oxygen atoms in total. The van der Waals surface area contributed by atoms with Crippen LogP contribution in [0.4, 0.5) is 0 Å². The van der Waals surface area contributed by atoms with Crippen LogP contribution in [0.25, 0.3) is 0 Å². The van der Waals surface area contributed by atoms with Crippen LogP contribution in [0.15, 0.2) is 42.5 Å². The van der Waals surface area contributed by atoms with E-state index in [4.69, 9.17) is 0 Å². The molecule has 1 aliphatic rings. The third-order valence-corrected chi connectivity index (χ3v) is 5.76. The fraction of sp³-hybridized carbons (Fsp3) is 0.500. The molecule has 1 fully saturated rings. The molecule has 1 saturated heterocycles. The molecule has 1 heterocycles. The number of ketones is 1. The van der Waals surface area contributed by atoms with Crippen LogP contribution in [-0.4, -0.2) is 53.8 Å². The van der Waals surface area contributed by atoms with E-state index < -0.39 is 0 Å². The first-order chi connectivity index (χ1) is 13.6. The normalized spacial score (nSPS) is 17.1. The molecular formula is C22H29NO4S. The number of benzene rings is 1. The van der Waals surface area contributed by atoms with E-state index in [1.165, 1.54) is 7.11 Å². The lowest BCUT2D eigenvalue weighted by molar-refractivity contribution is -0.140. The van der Waals surface area contributed by atoms with Crippen molar-refractivity contribution in [3.8, 4) is 0 Å². The Balaban J connectivity index is 1.78. The second-order valence-corrected chi connectivity index (χ2v) is 8.05. The number of rotatable bonds is 11. The van der Waals surface area contributed by atoms with Crippen molar-refractivity contribution in [3.05, 3.63) is 48.0 Å². The molecule has 2 rings (SSSR count). The van der Waals surface area contributed by atoms with Crippen molar-refractivity contribution in [2.45, 2.75) is 44.6 Å². The molecule has 152 valence electrons. The Bertz CT molecular complexity index is 674. The Kier molecular flexibility index (Phi) is 9.83. The zero-order valence-electron chi connectivity index (χ0n) is 16.5. The molecule has 1 amide bonds. The summed E-state index contributed by atoms with van der Waals surface area (Å²) in [5.74, 6) is 1.73. The summed E-state index contributed by atoms with van der Waals surface area (Å²) in [7, 11) is 1.40. The Morgan fingerprint density at radius 2 is 2.04 bits per heavy atom. The standard InChI is InChI=1S/C22H29NO4S/c1-27-22(26)11-6-15-28-16-14-23-19(9-5-10-21(23)25)12-13-20(24)17-18-7-3-2-4-8-18/h2-4,7-8,12-13,19H,5-6,9-11,14-17H2,1H3/t19-/m1/s1. The predicted octanol–water partition coefficient (Wildman–Crippen LogP) is 3.42. The largest absolute Gasteiger partial charge is 0.469 e. The summed E-state index contributed by atoms with van der Waals surface area (Å²) >= 11 is 1.74. The number of thioether (sulfide) groups is 1. The van der Waals surface area contributed by atoms with E-state index in [0.717, 1.165) is 36.3 Å². The van der Waals surface area contributed by atoms with Gasteiger partial charge < -0.3 is 9.64 Å². The van der Waals surface area contributed by atoms with Gasteiger partial charge in [-0.1, -0.05) is 36.4 Å². The molecule has 6 heteroatoms. The lowest BCUT2D eigenvalue weighted by atomic mass is 10.00. The molecule has 0 aromatic heterocycles. The molecule has 0 spiro atoms. The molecular weight excluding hydrogens is 374 g/mol. The minimum Gasteiger partial charge on any atom is -0.469 e. The molecule has 0 bridgehead atoms. The van der Waals surface area contributed by atoms with Gasteiger partial charge in [0.1, 0.15) is 0 Å². The van der Waals surface area contributed by atoms with Gasteiger partial charge in [0.05, 0.1) is 13.2 Å². The van der Waals surface area contributed by atoms with Crippen molar-refractivity contribution in [3.63, 3.8) is 0 Å². The van der Waals surface area contributed by atoms with Crippen LogP contribution >= 0.6 is 11.8 Å². The Hall–Kier alpha value is -2.08. The number of carbonyl (C=O) groups excluding carboxylic acids is 3. The number of likely N-dealkylation sites (tertiary alicyclic amines) is 1. The van der Waals surface area contributed by atoms with Crippen molar-refractivity contribution >= 4 is 29.4 Å². The minimum absolute atomic E-state index is 0.00311. The molecule has 1 aliphatic heterocycles. The maximum atomic E-state index is 12.3. The topological polar surface area (TPSA) is 63.7 Å². The Labute approximate surface area is 171 Å². The minimum atomic E-state index is -0.183. The molecule has 0 saturated carbocycles. The number of piperidine rings is 1. The zero-order chi connectivity index (χ0) is 20.2. The van der Waals surface area contributed by atoms with E-state index in [2.05, 4.69) is 4.74 Å². The molecule has 1 atom stereocenters. The lowest BCUT2D eigenvalue weighted by Gasteiger charge is -2.34. The molecule has 0 N–H and O–H groups in total. The van der Waals surface area contributed by atoms with Crippen LogP contribution in [0.1, 0.15) is 37.7 Å². The number of allylic oxidation sites excluding steroid dienone is 1. The summed E-state index contributed by atoms with van der Waals surface area (Å²) in [4.78, 5) is 37.5. The highest BCUT2D eigenvalue weighted by Gasteiger charge is 2.25. The molecule has 0 radical (unpaired) electrons. The van der Waals surface area contributed by atoms with Gasteiger partial charge in [0.15, 0.2) is 5.78 Å². The predicted molar refractivity (Wildman–Crippen MR) is 112 cm³/mol. The summed E-state index contributed by atoms with van der Waals surface area (Å²) in [5.41, 5.74) is 0.997. The summed E-state index contributed by atoms with van der Waals surface area (Å²) in [6.45, 7) is 0.670. The van der Waals surface area contributed by atoms with E-state index in [1.807, 2.05) is 41.3 Å². The van der Waals surface area contributed by atoms with Crippen molar-refractivity contribution in [2.75, 3.05) is 25.2 Å². The lowest BCUT2D eigenvalue weighted by Crippen LogP contribution is -2.43. The number of methoxy groups -OCH3 is 1. The number of nitrogens with zero attached hydrogens (tertiary/aromatic N) is 1. The molecule has 0 unspecified atom stereocenters. The average molecular weight is 404 g/mol. The maximum Gasteiger partial charge on any atom is 0.305 e. The van der Waals surface area contributed by atoms with Gasteiger partial charge in [-0.2, -0.15) is 11.8 Å². The fourth-order valence-electron chi connectivity index (χ4n) is 3.20. The second kappa shape index (κ2) is 12.4. The van der Waals surface area contributed by atoms with Gasteiger partial charge in [0.25, 0.3) is 0 Å². The van der Waals surface area contributed by atoms with Crippen LogP contribution in [0.5, 0.6) is 0 Å². The third kappa shape index (κ3) is 7.89. The zero-order valence-corrected chi connectivity index (χ0v) is 17.3. The maximum absolute atomic E-state index is 12.3. The molecule has 1 aromatic carbocycles. The first kappa shape index (κ1) is 22.2. The van der Waals surface area contributed by atoms with Gasteiger partial charge in [-0.05, 0) is 36.7 Å². The Morgan fingerprint density at radius 3 is 2.79 bits per heavy atom. The number of carbonyl (C=O) groups is 3. The summed E-state index contributed by atoms with van der Waals surface area (Å²) < 4.78 is 4.63. The highest BCUT2D eigenvalue weighted by atomic mass is 32.2. The molecule has 28 heavy (non-hydrogen) atoms. The SMILES string of the molecule is COC(=O)CCCSCCN1C(=O)CCC[C@@H]1C=CC(=O)Cc1ccccc1. The Morgan fingerprint density at radius 1 is 1.25 bits per heavy atom. The number of hydrogen-bond donors (Lipinski definition) is 0. The van der Waals surface area contributed by atoms with E-state index in [0.29, 0.717) is 25.8 Å². The van der Waals surface area contributed by atoms with Crippen LogP contribution < -0.4 is 0 Å². The first-order valence-corrected chi connectivity index (χ1v) is 10.9. The van der Waals surface area contributed by atoms with E-state index >= 15 is 0 Å². The fourth-order valence-corrected chi connectivity index (χ4v) is 4.08. The van der Waals surface area contributed by atoms with E-state index in [-0.39, 0.29) is 23.7 Å². The van der Waals surface area contributed by atoms with Crippen LogP contribution in [0, 0.1) is 0 Å². The molecule has 0 aliphatic carbocycles. The van der Waals surface area contributed by atoms with Crippen LogP contribution in [0.2, 0.25) is 0 Å². The smallest absolute Gasteiger partial charge is 0.305 e. The summed E-state index contributed by atoms with van der Waals surface area (Å²) in [5, 5.41) is 0. The number of amides is 1. The second-order valence-electron chi connectivity index (χ2n) is 6.83. The number of ether oxygens (including phenoxy) is 1. The quantitative estimate of drug-likeness (QED) is 0.322. The van der Waals surface area contributed by atoms with Gasteiger partial charge >= 0.3 is 5.97 Å². The van der Waals surface area contributed by atoms with Gasteiger partial charge in [0.2, 0.25) is 5.91 Å². The summed E-state index contributed by atoms with van der Waals surface area (Å²) in [6, 6.07) is 9.67. The monoisotopic (exact) mass is 403 g/mol. The van der Waals surface area contributed by atoms with Crippen molar-refractivity contribution < 1.29 is 19.1 Å². The number of esters is 1. The van der Waals surface area contributed by atoms with Crippen molar-refractivity contribution in [1.82, 2.24) is 4.90 Å². The number of hydrogen-bond acceptors (Lipinski definition) is 5. The highest BCUT2D eigenvalue weighted by molar-refractivity contribution is 7.99. The van der Waals surface area contributed by atoms with Crippen molar-refractivity contribution in [1.29, 1.82) is 0 Å². The van der Waals surface area contributed by atoms with Gasteiger partial charge in [-0.3, -0.25) is 14.4 Å². The van der Waals surface area contributed by atoms with Crippen LogP contribution in [0.3, 0.4) is 0 Å². The molecule has 1 aromatic rings. The van der Waals surface area contributed by atoms with E-state index in [9.17, 15) is 14.4 Å².